The first-order chi connectivity index (χ1) is 8.27. The molecule has 0 saturated carbocycles. The summed E-state index contributed by atoms with van der Waals surface area (Å²) < 4.78 is 5.54. The summed E-state index contributed by atoms with van der Waals surface area (Å²) in [5, 5.41) is 4.11. The molecule has 0 radical (unpaired) electrons. The summed E-state index contributed by atoms with van der Waals surface area (Å²) in [6.07, 6.45) is 1.15. The van der Waals surface area contributed by atoms with Gasteiger partial charge in [0, 0.05) is 11.6 Å². The van der Waals surface area contributed by atoms with Gasteiger partial charge in [0.1, 0.15) is 5.75 Å². The van der Waals surface area contributed by atoms with Crippen molar-refractivity contribution in [3.05, 3.63) is 23.2 Å². The van der Waals surface area contributed by atoms with Crippen molar-refractivity contribution in [2.24, 2.45) is 0 Å². The van der Waals surface area contributed by atoms with Crippen molar-refractivity contribution in [2.45, 2.75) is 20.3 Å². The van der Waals surface area contributed by atoms with Crippen LogP contribution in [0.2, 0.25) is 5.02 Å². The van der Waals surface area contributed by atoms with Gasteiger partial charge in [-0.15, -0.1) is 0 Å². The summed E-state index contributed by atoms with van der Waals surface area (Å²) >= 11 is 7.94. The maximum atomic E-state index is 5.98. The molecular weight excluding hydrogens is 254 g/mol. The van der Waals surface area contributed by atoms with Crippen molar-refractivity contribution in [1.29, 1.82) is 0 Å². The molecular formula is C13H20ClNOS. The Kier molecular flexibility index (Phi) is 7.29. The molecule has 0 heterocycles. The Hall–Kier alpha value is -0.540. The molecule has 4 heteroatoms. The molecule has 0 aliphatic rings. The van der Waals surface area contributed by atoms with Crippen LogP contribution in [0.1, 0.15) is 20.3 Å². The minimum atomic E-state index is 0.669. The smallest absolute Gasteiger partial charge is 0.142 e. The number of nitrogens with one attached hydrogen (secondary N) is 1. The number of hydrogen-bond acceptors (Lipinski definition) is 3. The topological polar surface area (TPSA) is 21.3 Å². The molecule has 0 bridgehead atoms. The summed E-state index contributed by atoms with van der Waals surface area (Å²) in [5.74, 6) is 3.25. The van der Waals surface area contributed by atoms with Gasteiger partial charge in [-0.2, -0.15) is 11.8 Å². The Morgan fingerprint density at radius 1 is 1.35 bits per heavy atom. The third kappa shape index (κ3) is 5.55. The molecule has 96 valence electrons. The second-order valence-electron chi connectivity index (χ2n) is 3.55. The summed E-state index contributed by atoms with van der Waals surface area (Å²) in [4.78, 5) is 0. The van der Waals surface area contributed by atoms with Crippen LogP contribution in [0, 0.1) is 0 Å². The lowest BCUT2D eigenvalue weighted by Crippen LogP contribution is -2.05. The van der Waals surface area contributed by atoms with Crippen molar-refractivity contribution < 1.29 is 4.74 Å². The van der Waals surface area contributed by atoms with Gasteiger partial charge in [-0.25, -0.2) is 0 Å². The highest BCUT2D eigenvalue weighted by molar-refractivity contribution is 7.99. The SMILES string of the molecule is CCOc1ccc(Cl)cc1NCCCSCC. The van der Waals surface area contributed by atoms with E-state index >= 15 is 0 Å². The van der Waals surface area contributed by atoms with Gasteiger partial charge in [0.15, 0.2) is 0 Å². The van der Waals surface area contributed by atoms with Gasteiger partial charge in [0.05, 0.1) is 12.3 Å². The highest BCUT2D eigenvalue weighted by Crippen LogP contribution is 2.27. The lowest BCUT2D eigenvalue weighted by Gasteiger charge is -2.12. The van der Waals surface area contributed by atoms with Gasteiger partial charge in [0.2, 0.25) is 0 Å². The molecule has 0 unspecified atom stereocenters. The predicted molar refractivity (Wildman–Crippen MR) is 78.7 cm³/mol. The lowest BCUT2D eigenvalue weighted by molar-refractivity contribution is 0.341. The van der Waals surface area contributed by atoms with Crippen molar-refractivity contribution >= 4 is 29.1 Å². The number of benzene rings is 1. The van der Waals surface area contributed by atoms with E-state index in [2.05, 4.69) is 12.2 Å². The summed E-state index contributed by atoms with van der Waals surface area (Å²) in [6, 6.07) is 5.68. The molecule has 1 N–H and O–H groups in total. The van der Waals surface area contributed by atoms with Crippen molar-refractivity contribution in [1.82, 2.24) is 0 Å². The largest absolute Gasteiger partial charge is 0.492 e. The zero-order valence-electron chi connectivity index (χ0n) is 10.5. The molecule has 0 saturated heterocycles. The highest BCUT2D eigenvalue weighted by Gasteiger charge is 2.03. The van der Waals surface area contributed by atoms with E-state index in [-0.39, 0.29) is 0 Å². The molecule has 2 nitrogen and oxygen atoms in total. The zero-order chi connectivity index (χ0) is 12.5. The third-order valence-corrected chi connectivity index (χ3v) is 3.45. The van der Waals surface area contributed by atoms with Gasteiger partial charge in [0.25, 0.3) is 0 Å². The fraction of sp³-hybridized carbons (Fsp3) is 0.538. The molecule has 0 spiro atoms. The molecule has 0 amide bonds. The Labute approximate surface area is 113 Å². The Morgan fingerprint density at radius 3 is 2.88 bits per heavy atom. The third-order valence-electron chi connectivity index (χ3n) is 2.23. The normalized spacial score (nSPS) is 10.3. The van der Waals surface area contributed by atoms with Gasteiger partial charge < -0.3 is 10.1 Å². The van der Waals surface area contributed by atoms with Crippen molar-refractivity contribution in [3.63, 3.8) is 0 Å². The standard InChI is InChI=1S/C13H20ClNOS/c1-3-16-13-7-6-11(14)10-12(13)15-8-5-9-17-4-2/h6-7,10,15H,3-5,8-9H2,1-2H3. The van der Waals surface area contributed by atoms with Crippen molar-refractivity contribution in [2.75, 3.05) is 30.0 Å². The molecule has 1 aromatic rings. The summed E-state index contributed by atoms with van der Waals surface area (Å²) in [6.45, 7) is 5.79. The summed E-state index contributed by atoms with van der Waals surface area (Å²) in [7, 11) is 0. The number of hydrogen-bond donors (Lipinski definition) is 1. The van der Waals surface area contributed by atoms with Crippen LogP contribution in [-0.2, 0) is 0 Å². The summed E-state index contributed by atoms with van der Waals surface area (Å²) in [5.41, 5.74) is 0.987. The number of ether oxygens (including phenoxy) is 1. The van der Waals surface area contributed by atoms with Crippen molar-refractivity contribution in [3.8, 4) is 5.75 Å². The van der Waals surface area contributed by atoms with E-state index in [0.717, 1.165) is 29.4 Å². The van der Waals surface area contributed by atoms with E-state index in [9.17, 15) is 0 Å². The Bertz CT molecular complexity index is 333. The molecule has 17 heavy (non-hydrogen) atoms. The number of anilines is 1. The van der Waals surface area contributed by atoms with Crippen LogP contribution < -0.4 is 10.1 Å². The number of thioether (sulfide) groups is 1. The van der Waals surface area contributed by atoms with Crippen LogP contribution in [-0.4, -0.2) is 24.7 Å². The van der Waals surface area contributed by atoms with Gasteiger partial charge in [-0.05, 0) is 43.0 Å². The minimum Gasteiger partial charge on any atom is -0.492 e. The average molecular weight is 274 g/mol. The maximum absolute atomic E-state index is 5.98. The van der Waals surface area contributed by atoms with Crippen LogP contribution >= 0.6 is 23.4 Å². The van der Waals surface area contributed by atoms with Crippen LogP contribution in [0.25, 0.3) is 0 Å². The quantitative estimate of drug-likeness (QED) is 0.714. The zero-order valence-corrected chi connectivity index (χ0v) is 12.0. The average Bonchev–Trinajstić information content (AvgIpc) is 2.32. The molecule has 1 rings (SSSR count). The van der Waals surface area contributed by atoms with Crippen LogP contribution in [0.4, 0.5) is 5.69 Å². The van der Waals surface area contributed by atoms with E-state index in [1.54, 1.807) is 0 Å². The monoisotopic (exact) mass is 273 g/mol. The first-order valence-corrected chi connectivity index (χ1v) is 7.55. The highest BCUT2D eigenvalue weighted by atomic mass is 35.5. The van der Waals surface area contributed by atoms with Crippen LogP contribution in [0.15, 0.2) is 18.2 Å². The predicted octanol–water partition coefficient (Wildman–Crippen LogP) is 4.29. The molecule has 0 atom stereocenters. The fourth-order valence-electron chi connectivity index (χ4n) is 1.46. The molecule has 1 aromatic carbocycles. The minimum absolute atomic E-state index is 0.669. The maximum Gasteiger partial charge on any atom is 0.142 e. The van der Waals surface area contributed by atoms with E-state index in [1.807, 2.05) is 36.9 Å². The lowest BCUT2D eigenvalue weighted by atomic mass is 10.3. The van der Waals surface area contributed by atoms with E-state index in [0.29, 0.717) is 6.61 Å². The Balaban J connectivity index is 2.47. The van der Waals surface area contributed by atoms with Gasteiger partial charge >= 0.3 is 0 Å². The second kappa shape index (κ2) is 8.54. The first kappa shape index (κ1) is 14.5. The Morgan fingerprint density at radius 2 is 2.18 bits per heavy atom. The molecule has 0 fully saturated rings. The molecule has 0 aliphatic heterocycles. The fourth-order valence-corrected chi connectivity index (χ4v) is 2.27. The number of halogens is 1. The van der Waals surface area contributed by atoms with Gasteiger partial charge in [-0.1, -0.05) is 18.5 Å². The first-order valence-electron chi connectivity index (χ1n) is 6.01. The second-order valence-corrected chi connectivity index (χ2v) is 5.38. The van der Waals surface area contributed by atoms with E-state index in [4.69, 9.17) is 16.3 Å². The van der Waals surface area contributed by atoms with Crippen LogP contribution in [0.5, 0.6) is 5.75 Å². The number of rotatable bonds is 8. The van der Waals surface area contributed by atoms with Gasteiger partial charge in [-0.3, -0.25) is 0 Å². The van der Waals surface area contributed by atoms with E-state index < -0.39 is 0 Å². The molecule has 0 aliphatic carbocycles. The van der Waals surface area contributed by atoms with E-state index in [1.165, 1.54) is 11.5 Å². The molecule has 0 aromatic heterocycles. The van der Waals surface area contributed by atoms with Crippen LogP contribution in [0.3, 0.4) is 0 Å².